The van der Waals surface area contributed by atoms with E-state index in [4.69, 9.17) is 11.6 Å². The summed E-state index contributed by atoms with van der Waals surface area (Å²) >= 11 is 9.36. The molecule has 0 aromatic heterocycles. The largest absolute Gasteiger partial charge is 0.357 e. The number of amides is 2. The maximum absolute atomic E-state index is 13.3. The zero-order valence-electron chi connectivity index (χ0n) is 17.7. The maximum atomic E-state index is 13.3. The lowest BCUT2D eigenvalue weighted by Crippen LogP contribution is -2.50. The van der Waals surface area contributed by atoms with Crippen molar-refractivity contribution in [1.29, 1.82) is 0 Å². The molecule has 0 saturated carbocycles. The fourth-order valence-corrected chi connectivity index (χ4v) is 4.47. The summed E-state index contributed by atoms with van der Waals surface area (Å²) in [5.74, 6) is -0.849. The Bertz CT molecular complexity index is 1060. The van der Waals surface area contributed by atoms with Gasteiger partial charge in [-0.15, -0.1) is 0 Å². The van der Waals surface area contributed by atoms with Crippen LogP contribution in [0.25, 0.3) is 0 Å². The fraction of sp³-hybridized carbons (Fsp3) is 0.333. The predicted molar refractivity (Wildman–Crippen MR) is 127 cm³/mol. The van der Waals surface area contributed by atoms with E-state index in [0.717, 1.165) is 20.6 Å². The Hall–Kier alpha value is -2.10. The smallest absolute Gasteiger partial charge is 0.244 e. The molecule has 2 aromatic rings. The van der Waals surface area contributed by atoms with Crippen LogP contribution in [0.5, 0.6) is 0 Å². The van der Waals surface area contributed by atoms with Crippen molar-refractivity contribution in [3.8, 4) is 0 Å². The zero-order chi connectivity index (χ0) is 23.3. The van der Waals surface area contributed by atoms with Gasteiger partial charge in [0.1, 0.15) is 12.6 Å². The van der Waals surface area contributed by atoms with Crippen LogP contribution in [0.15, 0.2) is 46.9 Å². The standard InChI is InChI=1S/C21H25BrClN3O4S/c1-14-11-18(23)9-10-19(14)26(31(4,29)30)13-20(27)25(15(2)21(28)24-3)12-16-5-7-17(22)8-6-16/h5-11,15H,12-13H2,1-4H3,(H,24,28)/t15-/m0/s1. The zero-order valence-corrected chi connectivity index (χ0v) is 20.9. The Kier molecular flexibility index (Phi) is 8.50. The lowest BCUT2D eigenvalue weighted by Gasteiger charge is -2.31. The lowest BCUT2D eigenvalue weighted by atomic mass is 10.1. The van der Waals surface area contributed by atoms with Crippen molar-refractivity contribution in [2.45, 2.75) is 26.4 Å². The summed E-state index contributed by atoms with van der Waals surface area (Å²) in [5, 5.41) is 3.00. The van der Waals surface area contributed by atoms with E-state index in [-0.39, 0.29) is 12.5 Å². The molecule has 2 aromatic carbocycles. The van der Waals surface area contributed by atoms with E-state index in [9.17, 15) is 18.0 Å². The van der Waals surface area contributed by atoms with Gasteiger partial charge in [0, 0.05) is 23.1 Å². The molecule has 0 radical (unpaired) electrons. The number of hydrogen-bond acceptors (Lipinski definition) is 4. The van der Waals surface area contributed by atoms with E-state index in [1.54, 1.807) is 32.0 Å². The third-order valence-electron chi connectivity index (χ3n) is 4.79. The quantitative estimate of drug-likeness (QED) is 0.567. The minimum Gasteiger partial charge on any atom is -0.357 e. The molecular weight excluding hydrogens is 506 g/mol. The number of sulfonamides is 1. The van der Waals surface area contributed by atoms with Crippen molar-refractivity contribution in [1.82, 2.24) is 10.2 Å². The second-order valence-corrected chi connectivity index (χ2v) is 10.4. The SMILES string of the molecule is CNC(=O)[C@H](C)N(Cc1ccc(Br)cc1)C(=O)CN(c1ccc(Cl)cc1C)S(C)(=O)=O. The molecule has 7 nitrogen and oxygen atoms in total. The number of hydrogen-bond donors (Lipinski definition) is 1. The van der Waals surface area contributed by atoms with E-state index in [1.165, 1.54) is 11.9 Å². The Morgan fingerprint density at radius 3 is 2.29 bits per heavy atom. The summed E-state index contributed by atoms with van der Waals surface area (Å²) in [6.45, 7) is 3.03. The van der Waals surface area contributed by atoms with Gasteiger partial charge in [-0.2, -0.15) is 0 Å². The van der Waals surface area contributed by atoms with Gasteiger partial charge in [0.15, 0.2) is 0 Å². The van der Waals surface area contributed by atoms with Gasteiger partial charge in [-0.05, 0) is 55.3 Å². The number of halogens is 2. The molecule has 1 atom stereocenters. The van der Waals surface area contributed by atoms with Crippen LogP contribution >= 0.6 is 27.5 Å². The molecule has 0 spiro atoms. The van der Waals surface area contributed by atoms with Crippen molar-refractivity contribution in [3.63, 3.8) is 0 Å². The number of carbonyl (C=O) groups is 2. The molecule has 0 aliphatic heterocycles. The van der Waals surface area contributed by atoms with Crippen LogP contribution in [-0.2, 0) is 26.2 Å². The minimum absolute atomic E-state index is 0.151. The fourth-order valence-electron chi connectivity index (χ4n) is 3.07. The first-order valence-electron chi connectivity index (χ1n) is 9.43. The topological polar surface area (TPSA) is 86.8 Å². The Labute approximate surface area is 196 Å². The molecule has 0 saturated heterocycles. The van der Waals surface area contributed by atoms with Gasteiger partial charge in [-0.3, -0.25) is 13.9 Å². The van der Waals surface area contributed by atoms with Crippen molar-refractivity contribution >= 4 is 55.1 Å². The van der Waals surface area contributed by atoms with Crippen molar-refractivity contribution < 1.29 is 18.0 Å². The van der Waals surface area contributed by atoms with Gasteiger partial charge < -0.3 is 10.2 Å². The first kappa shape index (κ1) is 25.2. The van der Waals surface area contributed by atoms with Gasteiger partial charge in [0.2, 0.25) is 21.8 Å². The molecule has 2 amide bonds. The highest BCUT2D eigenvalue weighted by Gasteiger charge is 2.30. The van der Waals surface area contributed by atoms with Crippen LogP contribution in [0.1, 0.15) is 18.1 Å². The van der Waals surface area contributed by atoms with Crippen LogP contribution in [0.4, 0.5) is 5.69 Å². The molecule has 31 heavy (non-hydrogen) atoms. The third-order valence-corrected chi connectivity index (χ3v) is 6.68. The summed E-state index contributed by atoms with van der Waals surface area (Å²) < 4.78 is 27.0. The average Bonchev–Trinajstić information content (AvgIpc) is 2.70. The van der Waals surface area contributed by atoms with Crippen LogP contribution in [-0.4, -0.2) is 51.0 Å². The molecule has 2 rings (SSSR count). The van der Waals surface area contributed by atoms with Gasteiger partial charge >= 0.3 is 0 Å². The van der Waals surface area contributed by atoms with Crippen LogP contribution < -0.4 is 9.62 Å². The number of nitrogens with zero attached hydrogens (tertiary/aromatic N) is 2. The van der Waals surface area contributed by atoms with E-state index in [0.29, 0.717) is 16.3 Å². The Morgan fingerprint density at radius 1 is 1.16 bits per heavy atom. The second kappa shape index (κ2) is 10.5. The molecule has 0 aliphatic rings. The Morgan fingerprint density at radius 2 is 1.77 bits per heavy atom. The minimum atomic E-state index is -3.78. The molecule has 0 aliphatic carbocycles. The van der Waals surface area contributed by atoms with Crippen molar-refractivity contribution in [3.05, 3.63) is 63.1 Å². The van der Waals surface area contributed by atoms with Gasteiger partial charge in [0.05, 0.1) is 11.9 Å². The number of rotatable bonds is 8. The Balaban J connectivity index is 2.40. The molecule has 168 valence electrons. The van der Waals surface area contributed by atoms with Crippen molar-refractivity contribution in [2.24, 2.45) is 0 Å². The average molecular weight is 531 g/mol. The molecule has 10 heteroatoms. The van der Waals surface area contributed by atoms with E-state index in [2.05, 4.69) is 21.2 Å². The summed E-state index contributed by atoms with van der Waals surface area (Å²) in [5.41, 5.74) is 1.78. The van der Waals surface area contributed by atoms with Gasteiger partial charge in [-0.25, -0.2) is 8.42 Å². The summed E-state index contributed by atoms with van der Waals surface area (Å²) in [6, 6.07) is 11.3. The van der Waals surface area contributed by atoms with Crippen LogP contribution in [0.2, 0.25) is 5.02 Å². The summed E-state index contributed by atoms with van der Waals surface area (Å²) in [4.78, 5) is 26.9. The number of benzene rings is 2. The lowest BCUT2D eigenvalue weighted by molar-refractivity contribution is -0.139. The van der Waals surface area contributed by atoms with E-state index >= 15 is 0 Å². The van der Waals surface area contributed by atoms with Gasteiger partial charge in [0.25, 0.3) is 0 Å². The maximum Gasteiger partial charge on any atom is 0.244 e. The predicted octanol–water partition coefficient (Wildman–Crippen LogP) is 3.34. The molecule has 0 fully saturated rings. The van der Waals surface area contributed by atoms with Crippen LogP contribution in [0.3, 0.4) is 0 Å². The summed E-state index contributed by atoms with van der Waals surface area (Å²) in [7, 11) is -2.29. The molecule has 0 heterocycles. The highest BCUT2D eigenvalue weighted by atomic mass is 79.9. The number of anilines is 1. The molecule has 0 unspecified atom stereocenters. The number of nitrogens with one attached hydrogen (secondary N) is 1. The van der Waals surface area contributed by atoms with Crippen LogP contribution in [0, 0.1) is 6.92 Å². The van der Waals surface area contributed by atoms with Gasteiger partial charge in [-0.1, -0.05) is 39.7 Å². The first-order chi connectivity index (χ1) is 14.4. The normalized spacial score (nSPS) is 12.2. The van der Waals surface area contributed by atoms with E-state index < -0.39 is 28.5 Å². The monoisotopic (exact) mass is 529 g/mol. The highest BCUT2D eigenvalue weighted by molar-refractivity contribution is 9.10. The van der Waals surface area contributed by atoms with E-state index in [1.807, 2.05) is 24.3 Å². The van der Waals surface area contributed by atoms with Crippen molar-refractivity contribution in [2.75, 3.05) is 24.2 Å². The highest BCUT2D eigenvalue weighted by Crippen LogP contribution is 2.26. The second-order valence-electron chi connectivity index (χ2n) is 7.14. The molecule has 0 bridgehead atoms. The number of likely N-dealkylation sites (N-methyl/N-ethyl adjacent to an activating group) is 1. The number of aryl methyl sites for hydroxylation is 1. The summed E-state index contributed by atoms with van der Waals surface area (Å²) in [6.07, 6.45) is 1.04. The number of carbonyl (C=O) groups excluding carboxylic acids is 2. The molecule has 1 N–H and O–H groups in total. The third kappa shape index (κ3) is 6.69. The first-order valence-corrected chi connectivity index (χ1v) is 12.5. The molecular formula is C21H25BrClN3O4S.